The van der Waals surface area contributed by atoms with Crippen molar-refractivity contribution in [1.29, 1.82) is 0 Å². The van der Waals surface area contributed by atoms with Gasteiger partial charge in [-0.3, -0.25) is 0 Å². The van der Waals surface area contributed by atoms with E-state index in [2.05, 4.69) is 4.98 Å². The number of hydrogen-bond donors (Lipinski definition) is 1. The highest BCUT2D eigenvalue weighted by atomic mass is 35.5. The van der Waals surface area contributed by atoms with Crippen molar-refractivity contribution in [3.05, 3.63) is 46.2 Å². The molecule has 0 aliphatic heterocycles. The Kier molecular flexibility index (Phi) is 3.09. The largest absolute Gasteiger partial charge is 0.397 e. The zero-order valence-corrected chi connectivity index (χ0v) is 11.8. The number of nitrogens with zero attached hydrogens (tertiary/aromatic N) is 1. The average Bonchev–Trinajstić information content (AvgIpc) is 2.77. The highest BCUT2D eigenvalue weighted by molar-refractivity contribution is 7.21. The summed E-state index contributed by atoms with van der Waals surface area (Å²) in [5.74, 6) is -0.298. The fourth-order valence-electron chi connectivity index (χ4n) is 1.79. The van der Waals surface area contributed by atoms with E-state index in [0.717, 1.165) is 4.70 Å². The van der Waals surface area contributed by atoms with Gasteiger partial charge in [-0.15, -0.1) is 11.3 Å². The molecule has 96 valence electrons. The molecule has 6 heteroatoms. The van der Waals surface area contributed by atoms with Gasteiger partial charge in [0.2, 0.25) is 0 Å². The average molecular weight is 313 g/mol. The minimum atomic E-state index is -0.298. The van der Waals surface area contributed by atoms with E-state index in [0.29, 0.717) is 31.8 Å². The minimum Gasteiger partial charge on any atom is -0.397 e. The Morgan fingerprint density at radius 1 is 1.11 bits per heavy atom. The molecule has 0 bridgehead atoms. The van der Waals surface area contributed by atoms with Crippen LogP contribution < -0.4 is 5.73 Å². The third-order valence-electron chi connectivity index (χ3n) is 2.71. The summed E-state index contributed by atoms with van der Waals surface area (Å²) in [7, 11) is 0. The van der Waals surface area contributed by atoms with Crippen LogP contribution in [-0.4, -0.2) is 4.98 Å². The number of thiazole rings is 1. The van der Waals surface area contributed by atoms with Gasteiger partial charge >= 0.3 is 0 Å². The van der Waals surface area contributed by atoms with Gasteiger partial charge < -0.3 is 5.73 Å². The molecule has 2 N–H and O–H groups in total. The van der Waals surface area contributed by atoms with E-state index in [1.165, 1.54) is 23.5 Å². The first kappa shape index (κ1) is 12.7. The Morgan fingerprint density at radius 2 is 1.84 bits per heavy atom. The van der Waals surface area contributed by atoms with Crippen molar-refractivity contribution in [3.63, 3.8) is 0 Å². The fourth-order valence-corrected chi connectivity index (χ4v) is 3.32. The number of nitrogen functional groups attached to an aromatic ring is 1. The SMILES string of the molecule is Nc1c(Cl)ccc(Cl)c1-c1nc2ccc(F)cc2s1. The van der Waals surface area contributed by atoms with E-state index in [1.54, 1.807) is 18.2 Å². The molecule has 0 unspecified atom stereocenters. The van der Waals surface area contributed by atoms with Crippen molar-refractivity contribution in [2.45, 2.75) is 0 Å². The predicted molar refractivity (Wildman–Crippen MR) is 79.4 cm³/mol. The Labute approximate surface area is 122 Å². The van der Waals surface area contributed by atoms with Crippen LogP contribution in [0.2, 0.25) is 10.0 Å². The number of halogens is 3. The predicted octanol–water partition coefficient (Wildman–Crippen LogP) is 4.99. The van der Waals surface area contributed by atoms with E-state index in [4.69, 9.17) is 28.9 Å². The van der Waals surface area contributed by atoms with Gasteiger partial charge in [0.05, 0.1) is 31.5 Å². The number of aromatic nitrogens is 1. The molecule has 0 amide bonds. The number of nitrogens with two attached hydrogens (primary N) is 1. The van der Waals surface area contributed by atoms with E-state index in [9.17, 15) is 4.39 Å². The molecule has 19 heavy (non-hydrogen) atoms. The van der Waals surface area contributed by atoms with Gasteiger partial charge in [0.15, 0.2) is 0 Å². The lowest BCUT2D eigenvalue weighted by Crippen LogP contribution is -1.91. The molecule has 0 aliphatic carbocycles. The van der Waals surface area contributed by atoms with Crippen LogP contribution in [0.4, 0.5) is 10.1 Å². The van der Waals surface area contributed by atoms with Crippen LogP contribution in [0.1, 0.15) is 0 Å². The van der Waals surface area contributed by atoms with Gasteiger partial charge in [-0.25, -0.2) is 9.37 Å². The first-order chi connectivity index (χ1) is 9.06. The normalized spacial score (nSPS) is 11.1. The molecule has 0 fully saturated rings. The summed E-state index contributed by atoms with van der Waals surface area (Å²) in [6.45, 7) is 0. The maximum Gasteiger partial charge on any atom is 0.128 e. The number of hydrogen-bond acceptors (Lipinski definition) is 3. The number of anilines is 1. The molecule has 3 aromatic rings. The second-order valence-corrected chi connectivity index (χ2v) is 5.79. The standard InChI is InChI=1S/C13H7Cl2FN2S/c14-7-2-3-8(15)12(17)11(7)13-18-9-4-1-6(16)5-10(9)19-13/h1-5H,17H2. The van der Waals surface area contributed by atoms with Gasteiger partial charge in [0.1, 0.15) is 10.8 Å². The molecule has 0 radical (unpaired) electrons. The van der Waals surface area contributed by atoms with Crippen molar-refractivity contribution in [3.8, 4) is 10.6 Å². The quantitative estimate of drug-likeness (QED) is 0.643. The Bertz CT molecular complexity index is 786. The lowest BCUT2D eigenvalue weighted by Gasteiger charge is -2.06. The van der Waals surface area contributed by atoms with Crippen LogP contribution in [-0.2, 0) is 0 Å². The Morgan fingerprint density at radius 3 is 2.63 bits per heavy atom. The maximum absolute atomic E-state index is 13.2. The lowest BCUT2D eigenvalue weighted by atomic mass is 10.2. The Balaban J connectivity index is 2.27. The molecule has 3 rings (SSSR count). The molecule has 2 aromatic carbocycles. The summed E-state index contributed by atoms with van der Waals surface area (Å²) in [6.07, 6.45) is 0. The van der Waals surface area contributed by atoms with E-state index < -0.39 is 0 Å². The second kappa shape index (κ2) is 4.63. The monoisotopic (exact) mass is 312 g/mol. The number of rotatable bonds is 1. The Hall–Kier alpha value is -1.36. The summed E-state index contributed by atoms with van der Waals surface area (Å²) in [4.78, 5) is 4.42. The number of fused-ring (bicyclic) bond motifs is 1. The fraction of sp³-hybridized carbons (Fsp3) is 0. The molecule has 0 saturated heterocycles. The first-order valence-corrected chi connectivity index (χ1v) is 6.93. The molecule has 0 saturated carbocycles. The van der Waals surface area contributed by atoms with Gasteiger partial charge in [0, 0.05) is 0 Å². The van der Waals surface area contributed by atoms with Crippen LogP contribution in [0.5, 0.6) is 0 Å². The molecular weight excluding hydrogens is 306 g/mol. The van der Waals surface area contributed by atoms with E-state index in [1.807, 2.05) is 0 Å². The van der Waals surface area contributed by atoms with Crippen LogP contribution in [0.3, 0.4) is 0 Å². The molecule has 0 aliphatic rings. The zero-order chi connectivity index (χ0) is 13.6. The summed E-state index contributed by atoms with van der Waals surface area (Å²) in [5, 5.41) is 1.52. The first-order valence-electron chi connectivity index (χ1n) is 5.36. The topological polar surface area (TPSA) is 38.9 Å². The highest BCUT2D eigenvalue weighted by Crippen LogP contribution is 2.40. The molecule has 2 nitrogen and oxygen atoms in total. The zero-order valence-electron chi connectivity index (χ0n) is 9.45. The van der Waals surface area contributed by atoms with Crippen LogP contribution >= 0.6 is 34.5 Å². The van der Waals surface area contributed by atoms with E-state index in [-0.39, 0.29) is 5.82 Å². The van der Waals surface area contributed by atoms with Crippen molar-refractivity contribution in [1.82, 2.24) is 4.98 Å². The lowest BCUT2D eigenvalue weighted by molar-refractivity contribution is 0.630. The van der Waals surface area contributed by atoms with Crippen LogP contribution in [0.15, 0.2) is 30.3 Å². The van der Waals surface area contributed by atoms with Gasteiger partial charge in [0.25, 0.3) is 0 Å². The summed E-state index contributed by atoms with van der Waals surface area (Å²) >= 11 is 13.5. The summed E-state index contributed by atoms with van der Waals surface area (Å²) in [6, 6.07) is 7.73. The minimum absolute atomic E-state index is 0.298. The summed E-state index contributed by atoms with van der Waals surface area (Å²) in [5.41, 5.74) is 7.63. The van der Waals surface area contributed by atoms with Crippen molar-refractivity contribution >= 4 is 50.4 Å². The molecule has 1 aromatic heterocycles. The van der Waals surface area contributed by atoms with Crippen LogP contribution in [0.25, 0.3) is 20.8 Å². The second-order valence-electron chi connectivity index (χ2n) is 3.95. The highest BCUT2D eigenvalue weighted by Gasteiger charge is 2.15. The molecule has 0 spiro atoms. The smallest absolute Gasteiger partial charge is 0.128 e. The van der Waals surface area contributed by atoms with Crippen molar-refractivity contribution in [2.24, 2.45) is 0 Å². The molecular formula is C13H7Cl2FN2S. The van der Waals surface area contributed by atoms with Gasteiger partial charge in [-0.05, 0) is 30.3 Å². The van der Waals surface area contributed by atoms with Gasteiger partial charge in [-0.2, -0.15) is 0 Å². The third-order valence-corrected chi connectivity index (χ3v) is 4.39. The van der Waals surface area contributed by atoms with Crippen LogP contribution in [0, 0.1) is 5.82 Å². The van der Waals surface area contributed by atoms with Crippen molar-refractivity contribution < 1.29 is 4.39 Å². The third kappa shape index (κ3) is 2.16. The maximum atomic E-state index is 13.2. The summed E-state index contributed by atoms with van der Waals surface area (Å²) < 4.78 is 13.9. The molecule has 0 atom stereocenters. The van der Waals surface area contributed by atoms with Crippen molar-refractivity contribution in [2.75, 3.05) is 5.73 Å². The van der Waals surface area contributed by atoms with E-state index >= 15 is 0 Å². The van der Waals surface area contributed by atoms with Gasteiger partial charge in [-0.1, -0.05) is 23.2 Å². The molecule has 1 heterocycles. The number of benzene rings is 2.